The number of carbonyl (C=O) groups is 3. The van der Waals surface area contributed by atoms with E-state index in [9.17, 15) is 14.4 Å². The van der Waals surface area contributed by atoms with Gasteiger partial charge in [0.15, 0.2) is 0 Å². The summed E-state index contributed by atoms with van der Waals surface area (Å²) in [6.07, 6.45) is 2.75. The predicted molar refractivity (Wildman–Crippen MR) is 131 cm³/mol. The molecule has 3 rings (SSSR count). The summed E-state index contributed by atoms with van der Waals surface area (Å²) in [6, 6.07) is 7.35. The number of esters is 1. The SMILES string of the molecule is COC(=O)c1c(NC(=O)CSc2cccc(NC(C)=O)c2)sc2c1CCC(C(C)(C)C)C2. The van der Waals surface area contributed by atoms with Crippen molar-refractivity contribution >= 4 is 51.6 Å². The molecule has 2 aromatic rings. The Kier molecular flexibility index (Phi) is 7.67. The summed E-state index contributed by atoms with van der Waals surface area (Å²) in [5.74, 6) is 0.000544. The zero-order chi connectivity index (χ0) is 23.5. The van der Waals surface area contributed by atoms with E-state index in [1.54, 1.807) is 6.07 Å². The molecule has 0 saturated heterocycles. The van der Waals surface area contributed by atoms with E-state index in [1.807, 2.05) is 18.2 Å². The van der Waals surface area contributed by atoms with Gasteiger partial charge in [0.25, 0.3) is 0 Å². The number of ether oxygens (including phenoxy) is 1. The highest BCUT2D eigenvalue weighted by molar-refractivity contribution is 8.00. The van der Waals surface area contributed by atoms with Crippen LogP contribution in [0.1, 0.15) is 54.9 Å². The highest BCUT2D eigenvalue weighted by Crippen LogP contribution is 2.44. The Morgan fingerprint density at radius 2 is 1.97 bits per heavy atom. The number of anilines is 2. The van der Waals surface area contributed by atoms with Crippen LogP contribution in [0.3, 0.4) is 0 Å². The molecule has 1 aliphatic carbocycles. The van der Waals surface area contributed by atoms with Gasteiger partial charge in [0.2, 0.25) is 11.8 Å². The van der Waals surface area contributed by atoms with Crippen LogP contribution in [0.15, 0.2) is 29.2 Å². The molecular weight excluding hydrogens is 444 g/mol. The molecule has 1 heterocycles. The number of benzene rings is 1. The van der Waals surface area contributed by atoms with Crippen LogP contribution in [-0.4, -0.2) is 30.6 Å². The number of methoxy groups -OCH3 is 1. The first-order valence-electron chi connectivity index (χ1n) is 10.6. The quantitative estimate of drug-likeness (QED) is 0.434. The molecule has 32 heavy (non-hydrogen) atoms. The number of thioether (sulfide) groups is 1. The third kappa shape index (κ3) is 5.92. The van der Waals surface area contributed by atoms with E-state index >= 15 is 0 Å². The second-order valence-electron chi connectivity index (χ2n) is 9.05. The third-order valence-corrected chi connectivity index (χ3v) is 7.82. The lowest BCUT2D eigenvalue weighted by atomic mass is 9.72. The van der Waals surface area contributed by atoms with Gasteiger partial charge in [-0.25, -0.2) is 4.79 Å². The van der Waals surface area contributed by atoms with Crippen LogP contribution in [0, 0.1) is 11.3 Å². The fraction of sp³-hybridized carbons (Fsp3) is 0.458. The van der Waals surface area contributed by atoms with Crippen molar-refractivity contribution in [1.82, 2.24) is 0 Å². The highest BCUT2D eigenvalue weighted by atomic mass is 32.2. The average Bonchev–Trinajstić information content (AvgIpc) is 3.07. The summed E-state index contributed by atoms with van der Waals surface area (Å²) in [5, 5.41) is 6.26. The van der Waals surface area contributed by atoms with E-state index in [0.717, 1.165) is 29.7 Å². The van der Waals surface area contributed by atoms with Gasteiger partial charge >= 0.3 is 5.97 Å². The first-order valence-corrected chi connectivity index (χ1v) is 12.4. The van der Waals surface area contributed by atoms with Gasteiger partial charge in [-0.05, 0) is 54.4 Å². The molecule has 0 fully saturated rings. The first-order chi connectivity index (χ1) is 15.1. The van der Waals surface area contributed by atoms with Crippen molar-refractivity contribution in [3.8, 4) is 0 Å². The largest absolute Gasteiger partial charge is 0.465 e. The Morgan fingerprint density at radius 3 is 2.62 bits per heavy atom. The van der Waals surface area contributed by atoms with Crippen LogP contribution in [0.4, 0.5) is 10.7 Å². The molecule has 1 unspecified atom stereocenters. The zero-order valence-electron chi connectivity index (χ0n) is 19.2. The minimum Gasteiger partial charge on any atom is -0.465 e. The van der Waals surface area contributed by atoms with Crippen LogP contribution in [0.25, 0.3) is 0 Å². The average molecular weight is 475 g/mol. The van der Waals surface area contributed by atoms with Gasteiger partial charge in [-0.1, -0.05) is 26.8 Å². The lowest BCUT2D eigenvalue weighted by Crippen LogP contribution is -2.26. The van der Waals surface area contributed by atoms with Gasteiger partial charge in [-0.2, -0.15) is 0 Å². The third-order valence-electron chi connectivity index (χ3n) is 5.66. The van der Waals surface area contributed by atoms with E-state index in [2.05, 4.69) is 31.4 Å². The number of rotatable bonds is 6. The van der Waals surface area contributed by atoms with Crippen molar-refractivity contribution in [3.05, 3.63) is 40.3 Å². The van der Waals surface area contributed by atoms with E-state index in [0.29, 0.717) is 22.2 Å². The first kappa shape index (κ1) is 24.3. The normalized spacial score (nSPS) is 15.6. The summed E-state index contributed by atoms with van der Waals surface area (Å²) < 4.78 is 5.03. The lowest BCUT2D eigenvalue weighted by molar-refractivity contribution is -0.114. The Bertz CT molecular complexity index is 1020. The number of hydrogen-bond donors (Lipinski definition) is 2. The maximum Gasteiger partial charge on any atom is 0.341 e. The van der Waals surface area contributed by atoms with Gasteiger partial charge in [0.1, 0.15) is 5.00 Å². The van der Waals surface area contributed by atoms with Gasteiger partial charge in [-0.15, -0.1) is 23.1 Å². The van der Waals surface area contributed by atoms with Crippen LogP contribution in [0.5, 0.6) is 0 Å². The summed E-state index contributed by atoms with van der Waals surface area (Å²) in [4.78, 5) is 38.5. The van der Waals surface area contributed by atoms with Gasteiger partial charge in [0.05, 0.1) is 18.4 Å². The number of carbonyl (C=O) groups excluding carboxylic acids is 3. The van der Waals surface area contributed by atoms with Gasteiger partial charge < -0.3 is 15.4 Å². The molecule has 6 nitrogen and oxygen atoms in total. The topological polar surface area (TPSA) is 84.5 Å². The van der Waals surface area contributed by atoms with Crippen LogP contribution in [-0.2, 0) is 27.2 Å². The molecule has 1 atom stereocenters. The number of hydrogen-bond acceptors (Lipinski definition) is 6. The van der Waals surface area contributed by atoms with Crippen molar-refractivity contribution in [2.24, 2.45) is 11.3 Å². The Hall–Kier alpha value is -2.32. The Balaban J connectivity index is 1.73. The van der Waals surface area contributed by atoms with Crippen LogP contribution >= 0.6 is 23.1 Å². The molecule has 172 valence electrons. The molecule has 2 amide bonds. The molecule has 1 aromatic carbocycles. The monoisotopic (exact) mass is 474 g/mol. The van der Waals surface area contributed by atoms with E-state index < -0.39 is 5.97 Å². The molecule has 2 N–H and O–H groups in total. The molecule has 8 heteroatoms. The van der Waals surface area contributed by atoms with Crippen LogP contribution < -0.4 is 10.6 Å². The summed E-state index contributed by atoms with van der Waals surface area (Å²) in [6.45, 7) is 8.20. The summed E-state index contributed by atoms with van der Waals surface area (Å²) >= 11 is 2.87. The molecule has 0 bridgehead atoms. The van der Waals surface area contributed by atoms with Crippen molar-refractivity contribution in [2.75, 3.05) is 23.5 Å². The fourth-order valence-corrected chi connectivity index (χ4v) is 6.00. The number of nitrogens with one attached hydrogen (secondary N) is 2. The molecule has 0 aliphatic heterocycles. The number of amides is 2. The van der Waals surface area contributed by atoms with Crippen molar-refractivity contribution in [1.29, 1.82) is 0 Å². The van der Waals surface area contributed by atoms with E-state index in [-0.39, 0.29) is 23.0 Å². The fourth-order valence-electron chi connectivity index (χ4n) is 3.91. The predicted octanol–water partition coefficient (Wildman–Crippen LogP) is 5.37. The maximum atomic E-state index is 12.7. The molecule has 0 saturated carbocycles. The summed E-state index contributed by atoms with van der Waals surface area (Å²) in [5.41, 5.74) is 2.41. The molecule has 1 aromatic heterocycles. The van der Waals surface area contributed by atoms with E-state index in [4.69, 9.17) is 4.74 Å². The lowest BCUT2D eigenvalue weighted by Gasteiger charge is -2.33. The number of thiophene rings is 1. The van der Waals surface area contributed by atoms with Crippen molar-refractivity contribution in [3.63, 3.8) is 0 Å². The van der Waals surface area contributed by atoms with Crippen LogP contribution in [0.2, 0.25) is 0 Å². The minimum atomic E-state index is -0.400. The van der Waals surface area contributed by atoms with Gasteiger partial charge in [0, 0.05) is 22.4 Å². The molecular formula is C24H30N2O4S2. The molecule has 0 radical (unpaired) electrons. The second-order valence-corrected chi connectivity index (χ2v) is 11.2. The smallest absolute Gasteiger partial charge is 0.341 e. The Morgan fingerprint density at radius 1 is 1.22 bits per heavy atom. The zero-order valence-corrected chi connectivity index (χ0v) is 20.8. The standard InChI is InChI=1S/C24H30N2O4S2/c1-14(27)25-16-7-6-8-17(12-16)31-13-20(28)26-22-21(23(29)30-5)18-10-9-15(24(2,3)4)11-19(18)32-22/h6-8,12,15H,9-11,13H2,1-5H3,(H,25,27)(H,26,28). The number of fused-ring (bicyclic) bond motifs is 1. The highest BCUT2D eigenvalue weighted by Gasteiger charge is 2.34. The van der Waals surface area contributed by atoms with Crippen molar-refractivity contribution < 1.29 is 19.1 Å². The van der Waals surface area contributed by atoms with Crippen molar-refractivity contribution in [2.45, 2.75) is 51.9 Å². The molecule has 1 aliphatic rings. The van der Waals surface area contributed by atoms with E-state index in [1.165, 1.54) is 42.0 Å². The minimum absolute atomic E-state index is 0.143. The Labute approximate surface area is 197 Å². The summed E-state index contributed by atoms with van der Waals surface area (Å²) in [7, 11) is 1.37. The maximum absolute atomic E-state index is 12.7. The molecule has 0 spiro atoms. The second kappa shape index (κ2) is 10.1. The van der Waals surface area contributed by atoms with Gasteiger partial charge in [-0.3, -0.25) is 9.59 Å².